The molecule has 152 valence electrons. The summed E-state index contributed by atoms with van der Waals surface area (Å²) in [5.74, 6) is -0.851. The van der Waals surface area contributed by atoms with Crippen molar-refractivity contribution in [2.24, 2.45) is 5.92 Å². The van der Waals surface area contributed by atoms with E-state index in [4.69, 9.17) is 9.90 Å². The second-order valence-corrected chi connectivity index (χ2v) is 6.60. The van der Waals surface area contributed by atoms with E-state index in [0.717, 1.165) is 11.7 Å². The van der Waals surface area contributed by atoms with Crippen LogP contribution in [-0.2, 0) is 16.1 Å². The molecule has 4 N–H and O–H groups in total. The molecular formula is C15H21N7O5S. The van der Waals surface area contributed by atoms with Gasteiger partial charge in [-0.2, -0.15) is 13.8 Å². The van der Waals surface area contributed by atoms with Crippen molar-refractivity contribution >= 4 is 30.0 Å². The van der Waals surface area contributed by atoms with Gasteiger partial charge >= 0.3 is 0 Å². The van der Waals surface area contributed by atoms with E-state index < -0.39 is 12.1 Å². The van der Waals surface area contributed by atoms with Crippen molar-refractivity contribution in [2.45, 2.75) is 38.5 Å². The molecule has 2 amide bonds. The third-order valence-corrected chi connectivity index (χ3v) is 4.81. The molecule has 2 heterocycles. The lowest BCUT2D eigenvalue weighted by Crippen LogP contribution is -2.40. The second-order valence-electron chi connectivity index (χ2n) is 6.07. The Kier molecular flexibility index (Phi) is 7.95. The summed E-state index contributed by atoms with van der Waals surface area (Å²) in [4.78, 5) is 36.6. The van der Waals surface area contributed by atoms with Gasteiger partial charge in [0.05, 0.1) is 36.1 Å². The van der Waals surface area contributed by atoms with E-state index in [1.165, 1.54) is 6.33 Å². The van der Waals surface area contributed by atoms with Gasteiger partial charge in [-0.15, -0.1) is 0 Å². The number of nitrogens with one attached hydrogen (secondary N) is 2. The fourth-order valence-electron chi connectivity index (χ4n) is 2.85. The van der Waals surface area contributed by atoms with Gasteiger partial charge < -0.3 is 20.8 Å². The molecule has 2 aromatic rings. The van der Waals surface area contributed by atoms with Crippen LogP contribution < -0.4 is 10.6 Å². The summed E-state index contributed by atoms with van der Waals surface area (Å²) in [7, 11) is 0. The topological polar surface area (TPSA) is 172 Å². The van der Waals surface area contributed by atoms with Crippen molar-refractivity contribution in [3.8, 4) is 0 Å². The van der Waals surface area contributed by atoms with Gasteiger partial charge in [0.25, 0.3) is 12.4 Å². The monoisotopic (exact) mass is 411 g/mol. The van der Waals surface area contributed by atoms with Gasteiger partial charge in [0, 0.05) is 12.5 Å². The second kappa shape index (κ2) is 10.4. The Morgan fingerprint density at radius 1 is 1.39 bits per heavy atom. The third kappa shape index (κ3) is 5.79. The van der Waals surface area contributed by atoms with Gasteiger partial charge in [0.2, 0.25) is 5.91 Å². The van der Waals surface area contributed by atoms with Crippen molar-refractivity contribution in [2.75, 3.05) is 6.54 Å². The molecule has 3 rings (SSSR count). The number of amides is 2. The first-order valence-electron chi connectivity index (χ1n) is 8.42. The first-order chi connectivity index (χ1) is 13.5. The number of rotatable bonds is 6. The van der Waals surface area contributed by atoms with E-state index in [2.05, 4.69) is 29.5 Å². The van der Waals surface area contributed by atoms with E-state index >= 15 is 0 Å². The molecule has 2 aromatic heterocycles. The van der Waals surface area contributed by atoms with Crippen LogP contribution in [0.15, 0.2) is 12.7 Å². The average Bonchev–Trinajstić information content (AvgIpc) is 3.38. The Bertz CT molecular complexity index is 782. The third-order valence-electron chi connectivity index (χ3n) is 4.19. The molecule has 13 heteroatoms. The van der Waals surface area contributed by atoms with Crippen LogP contribution in [0.2, 0.25) is 0 Å². The molecular weight excluding hydrogens is 390 g/mol. The number of aromatic nitrogens is 5. The van der Waals surface area contributed by atoms with Gasteiger partial charge in [0.1, 0.15) is 12.7 Å². The van der Waals surface area contributed by atoms with Gasteiger partial charge in [-0.25, -0.2) is 4.98 Å². The lowest BCUT2D eigenvalue weighted by molar-refractivity contribution is -0.125. The summed E-state index contributed by atoms with van der Waals surface area (Å²) >= 11 is 0.968. The normalized spacial score (nSPS) is 20.7. The van der Waals surface area contributed by atoms with E-state index in [-0.39, 0.29) is 29.9 Å². The molecule has 1 saturated carbocycles. The van der Waals surface area contributed by atoms with Crippen LogP contribution in [0, 0.1) is 12.8 Å². The van der Waals surface area contributed by atoms with Gasteiger partial charge in [0.15, 0.2) is 5.69 Å². The number of carboxylic acid groups (broad SMARTS) is 1. The average molecular weight is 411 g/mol. The SMILES string of the molecule is Cc1nsnc1C(=O)N[C@@H]1C[C@H](C(=O)NCCn2cncn2)C[C@H]1O.O=CO. The Hall–Kier alpha value is -2.93. The van der Waals surface area contributed by atoms with Crippen LogP contribution in [0.25, 0.3) is 0 Å². The molecule has 1 aliphatic rings. The smallest absolute Gasteiger partial charge is 0.290 e. The first-order valence-corrected chi connectivity index (χ1v) is 9.15. The number of nitrogens with zero attached hydrogens (tertiary/aromatic N) is 5. The molecule has 0 saturated heterocycles. The van der Waals surface area contributed by atoms with Gasteiger partial charge in [-0.05, 0) is 19.8 Å². The lowest BCUT2D eigenvalue weighted by atomic mass is 10.1. The number of carbonyl (C=O) groups excluding carboxylic acids is 2. The minimum atomic E-state index is -0.762. The fraction of sp³-hybridized carbons (Fsp3) is 0.533. The predicted molar refractivity (Wildman–Crippen MR) is 96.4 cm³/mol. The number of hydrogen-bond donors (Lipinski definition) is 4. The van der Waals surface area contributed by atoms with Crippen molar-refractivity contribution in [3.05, 3.63) is 24.0 Å². The maximum atomic E-state index is 12.2. The standard InChI is InChI=1S/C14H19N7O3S.CH2O2/c1-8-12(20-25-19-8)14(24)18-10-4-9(5-11(10)22)13(23)16-2-3-21-7-15-6-17-21;2-1-3/h6-7,9-11,22H,2-5H2,1H3,(H,16,23)(H,18,24);1H,(H,2,3)/t9-,10+,11+;/m0./s1. The molecule has 0 aromatic carbocycles. The lowest BCUT2D eigenvalue weighted by Gasteiger charge is -2.15. The largest absolute Gasteiger partial charge is 0.483 e. The molecule has 1 fully saturated rings. The zero-order valence-electron chi connectivity index (χ0n) is 15.1. The molecule has 0 radical (unpaired) electrons. The molecule has 0 spiro atoms. The highest BCUT2D eigenvalue weighted by molar-refractivity contribution is 6.99. The van der Waals surface area contributed by atoms with Crippen molar-refractivity contribution in [3.63, 3.8) is 0 Å². The minimum absolute atomic E-state index is 0.137. The van der Waals surface area contributed by atoms with Crippen LogP contribution in [0.3, 0.4) is 0 Å². The zero-order valence-corrected chi connectivity index (χ0v) is 15.9. The van der Waals surface area contributed by atoms with Crippen LogP contribution in [0.5, 0.6) is 0 Å². The number of aryl methyl sites for hydroxylation is 1. The van der Waals surface area contributed by atoms with Crippen LogP contribution in [0.4, 0.5) is 0 Å². The molecule has 28 heavy (non-hydrogen) atoms. The number of aliphatic hydroxyl groups excluding tert-OH is 1. The first kappa shape index (κ1) is 21.4. The van der Waals surface area contributed by atoms with Crippen molar-refractivity contribution < 1.29 is 24.6 Å². The minimum Gasteiger partial charge on any atom is -0.483 e. The summed E-state index contributed by atoms with van der Waals surface area (Å²) in [5, 5.41) is 26.6. The predicted octanol–water partition coefficient (Wildman–Crippen LogP) is -1.18. The molecule has 0 bridgehead atoms. The number of aliphatic hydroxyl groups is 1. The Labute approximate surface area is 164 Å². The summed E-state index contributed by atoms with van der Waals surface area (Å²) in [6.07, 6.45) is 2.95. The molecule has 12 nitrogen and oxygen atoms in total. The molecule has 3 atom stereocenters. The van der Waals surface area contributed by atoms with E-state index in [0.29, 0.717) is 31.6 Å². The highest BCUT2D eigenvalue weighted by Crippen LogP contribution is 2.26. The van der Waals surface area contributed by atoms with E-state index in [9.17, 15) is 14.7 Å². The van der Waals surface area contributed by atoms with Crippen LogP contribution in [-0.4, -0.2) is 70.7 Å². The maximum Gasteiger partial charge on any atom is 0.290 e. The highest BCUT2D eigenvalue weighted by atomic mass is 32.1. The van der Waals surface area contributed by atoms with Crippen molar-refractivity contribution in [1.29, 1.82) is 0 Å². The fourth-order valence-corrected chi connectivity index (χ4v) is 3.39. The Morgan fingerprint density at radius 2 is 2.14 bits per heavy atom. The molecule has 0 aliphatic heterocycles. The summed E-state index contributed by atoms with van der Waals surface area (Å²) < 4.78 is 9.53. The van der Waals surface area contributed by atoms with E-state index in [1.54, 1.807) is 17.9 Å². The Morgan fingerprint density at radius 3 is 2.75 bits per heavy atom. The molecule has 0 unspecified atom stereocenters. The molecule has 1 aliphatic carbocycles. The summed E-state index contributed by atoms with van der Waals surface area (Å²) in [6, 6.07) is -0.473. The maximum absolute atomic E-state index is 12.2. The summed E-state index contributed by atoms with van der Waals surface area (Å²) in [6.45, 7) is 2.40. The van der Waals surface area contributed by atoms with Crippen LogP contribution >= 0.6 is 11.7 Å². The Balaban J connectivity index is 0.000000878. The quantitative estimate of drug-likeness (QED) is 0.427. The zero-order chi connectivity index (χ0) is 20.5. The van der Waals surface area contributed by atoms with Gasteiger partial charge in [-0.3, -0.25) is 19.1 Å². The number of carbonyl (C=O) groups is 3. The van der Waals surface area contributed by atoms with Crippen LogP contribution in [0.1, 0.15) is 29.0 Å². The van der Waals surface area contributed by atoms with E-state index in [1.807, 2.05) is 0 Å². The van der Waals surface area contributed by atoms with Crippen molar-refractivity contribution in [1.82, 2.24) is 34.1 Å². The highest BCUT2D eigenvalue weighted by Gasteiger charge is 2.38. The van der Waals surface area contributed by atoms with Gasteiger partial charge in [-0.1, -0.05) is 0 Å². The number of hydrogen-bond acceptors (Lipinski definition) is 9. The summed E-state index contributed by atoms with van der Waals surface area (Å²) in [5.41, 5.74) is 0.815.